The molecule has 3 aliphatic rings. The average Bonchev–Trinajstić information content (AvgIpc) is 3.29. The molecule has 9 heteroatoms. The zero-order valence-corrected chi connectivity index (χ0v) is 22.1. The number of carbonyl (C=O) groups is 1. The van der Waals surface area contributed by atoms with Crippen molar-refractivity contribution in [3.8, 4) is 11.3 Å². The molecule has 2 aromatic carbocycles. The number of hydrogen-bond donors (Lipinski definition) is 2. The Morgan fingerprint density at radius 3 is 2.63 bits per heavy atom. The number of nitrogens with one attached hydrogen (secondary N) is 1. The number of piperazine rings is 1. The predicted octanol–water partition coefficient (Wildman–Crippen LogP) is 2.86. The summed E-state index contributed by atoms with van der Waals surface area (Å²) in [5.41, 5.74) is 12.7. The van der Waals surface area contributed by atoms with Gasteiger partial charge >= 0.3 is 6.03 Å². The van der Waals surface area contributed by atoms with Crippen LogP contribution in [0.4, 0.5) is 16.6 Å². The molecular formula is C29H35N7O2. The number of aromatic nitrogens is 2. The van der Waals surface area contributed by atoms with Crippen LogP contribution in [0.2, 0.25) is 0 Å². The SMILES string of the molecule is COC1Cc2ccccc2C1NC(=O)N1CCc2ccc(-c3cc(N4CCN(C)CC4)nc(N)n3)cc2C1. The number of nitrogens with two attached hydrogens (primary N) is 1. The topological polar surface area (TPSA) is 99.9 Å². The van der Waals surface area contributed by atoms with Crippen molar-refractivity contribution in [1.82, 2.24) is 25.1 Å². The van der Waals surface area contributed by atoms with E-state index >= 15 is 0 Å². The number of likely N-dealkylation sites (N-methyl/N-ethyl adjacent to an activating group) is 1. The molecule has 2 atom stereocenters. The van der Waals surface area contributed by atoms with Gasteiger partial charge in [-0.15, -0.1) is 0 Å². The number of ether oxygens (including phenoxy) is 1. The molecule has 0 spiro atoms. The smallest absolute Gasteiger partial charge is 0.318 e. The summed E-state index contributed by atoms with van der Waals surface area (Å²) in [4.78, 5) is 28.9. The van der Waals surface area contributed by atoms with Crippen molar-refractivity contribution in [2.75, 3.05) is 57.5 Å². The standard InChI is InChI=1S/C29H35N7O2/c1-34-11-13-35(14-12-34)26-17-24(31-28(30)32-26)21-8-7-19-9-10-36(18-22(19)15-21)29(37)33-27-23-6-4-3-5-20(23)16-25(27)38-2/h3-8,15,17,25,27H,9-14,16,18H2,1-2H3,(H,33,37)(H2,30,31,32). The van der Waals surface area contributed by atoms with E-state index in [0.29, 0.717) is 13.1 Å². The molecular weight excluding hydrogens is 478 g/mol. The van der Waals surface area contributed by atoms with Crippen LogP contribution in [0.3, 0.4) is 0 Å². The number of anilines is 2. The van der Waals surface area contributed by atoms with Crippen molar-refractivity contribution in [2.45, 2.75) is 31.5 Å². The van der Waals surface area contributed by atoms with Crippen LogP contribution in [0.1, 0.15) is 28.3 Å². The van der Waals surface area contributed by atoms with Gasteiger partial charge in [0.1, 0.15) is 5.82 Å². The molecule has 0 saturated carbocycles. The van der Waals surface area contributed by atoms with E-state index in [9.17, 15) is 4.79 Å². The van der Waals surface area contributed by atoms with Crippen molar-refractivity contribution >= 4 is 17.8 Å². The van der Waals surface area contributed by atoms with Gasteiger partial charge in [-0.05, 0) is 41.8 Å². The van der Waals surface area contributed by atoms with Crippen molar-refractivity contribution in [3.05, 3.63) is 70.8 Å². The minimum Gasteiger partial charge on any atom is -0.379 e. The second kappa shape index (κ2) is 10.2. The highest BCUT2D eigenvalue weighted by atomic mass is 16.5. The third-order valence-electron chi connectivity index (χ3n) is 8.12. The van der Waals surface area contributed by atoms with Crippen LogP contribution in [0.15, 0.2) is 48.5 Å². The Bertz CT molecular complexity index is 1340. The monoisotopic (exact) mass is 513 g/mol. The third-order valence-corrected chi connectivity index (χ3v) is 8.12. The summed E-state index contributed by atoms with van der Waals surface area (Å²) < 4.78 is 5.72. The number of nitrogens with zero attached hydrogens (tertiary/aromatic N) is 5. The highest BCUT2D eigenvalue weighted by Crippen LogP contribution is 2.34. The van der Waals surface area contributed by atoms with E-state index in [0.717, 1.165) is 67.2 Å². The second-order valence-corrected chi connectivity index (χ2v) is 10.5. The van der Waals surface area contributed by atoms with Crippen LogP contribution in [-0.4, -0.2) is 78.8 Å². The van der Waals surface area contributed by atoms with Crippen LogP contribution in [0.5, 0.6) is 0 Å². The number of rotatable bonds is 4. The molecule has 2 aliphatic heterocycles. The predicted molar refractivity (Wildman–Crippen MR) is 148 cm³/mol. The summed E-state index contributed by atoms with van der Waals surface area (Å²) in [5.74, 6) is 1.14. The van der Waals surface area contributed by atoms with Gasteiger partial charge < -0.3 is 30.5 Å². The van der Waals surface area contributed by atoms with Crippen molar-refractivity contribution in [1.29, 1.82) is 0 Å². The fraction of sp³-hybridized carbons (Fsp3) is 0.414. The van der Waals surface area contributed by atoms with E-state index in [1.54, 1.807) is 7.11 Å². The number of hydrogen-bond acceptors (Lipinski definition) is 7. The Labute approximate surface area is 223 Å². The lowest BCUT2D eigenvalue weighted by Gasteiger charge is -2.33. The van der Waals surface area contributed by atoms with E-state index in [1.165, 1.54) is 11.1 Å². The Kier molecular flexibility index (Phi) is 6.63. The molecule has 1 fully saturated rings. The van der Waals surface area contributed by atoms with E-state index in [-0.39, 0.29) is 24.1 Å². The Hall–Kier alpha value is -3.69. The summed E-state index contributed by atoms with van der Waals surface area (Å²) in [7, 11) is 3.85. The molecule has 0 radical (unpaired) electrons. The number of benzene rings is 2. The molecule has 6 rings (SSSR count). The number of methoxy groups -OCH3 is 1. The number of fused-ring (bicyclic) bond motifs is 2. The molecule has 0 bridgehead atoms. The van der Waals surface area contributed by atoms with Crippen LogP contribution >= 0.6 is 0 Å². The maximum Gasteiger partial charge on any atom is 0.318 e. The largest absolute Gasteiger partial charge is 0.379 e. The van der Waals surface area contributed by atoms with E-state index in [4.69, 9.17) is 10.5 Å². The van der Waals surface area contributed by atoms with Gasteiger partial charge in [-0.3, -0.25) is 0 Å². The first-order valence-corrected chi connectivity index (χ1v) is 13.3. The highest BCUT2D eigenvalue weighted by Gasteiger charge is 2.35. The maximum absolute atomic E-state index is 13.4. The first-order chi connectivity index (χ1) is 18.5. The molecule has 3 N–H and O–H groups in total. The zero-order valence-electron chi connectivity index (χ0n) is 22.1. The maximum atomic E-state index is 13.4. The molecule has 1 aliphatic carbocycles. The van der Waals surface area contributed by atoms with E-state index in [1.807, 2.05) is 23.1 Å². The normalized spacial score (nSPS) is 21.2. The lowest BCUT2D eigenvalue weighted by molar-refractivity contribution is 0.0783. The van der Waals surface area contributed by atoms with Gasteiger partial charge in [-0.2, -0.15) is 4.98 Å². The lowest BCUT2D eigenvalue weighted by atomic mass is 9.96. The van der Waals surface area contributed by atoms with Crippen LogP contribution in [-0.2, 0) is 24.1 Å². The van der Waals surface area contributed by atoms with Gasteiger partial charge in [0.2, 0.25) is 5.95 Å². The molecule has 198 valence electrons. The van der Waals surface area contributed by atoms with Crippen molar-refractivity contribution in [2.24, 2.45) is 0 Å². The lowest BCUT2D eigenvalue weighted by Crippen LogP contribution is -2.46. The average molecular weight is 514 g/mol. The number of amides is 2. The second-order valence-electron chi connectivity index (χ2n) is 10.5. The number of urea groups is 1. The van der Waals surface area contributed by atoms with Crippen molar-refractivity contribution < 1.29 is 9.53 Å². The first kappa shape index (κ1) is 24.6. The summed E-state index contributed by atoms with van der Waals surface area (Å²) >= 11 is 0. The fourth-order valence-electron chi connectivity index (χ4n) is 5.86. The minimum absolute atomic E-state index is 0.0576. The highest BCUT2D eigenvalue weighted by molar-refractivity contribution is 5.76. The van der Waals surface area contributed by atoms with Crippen LogP contribution < -0.4 is 16.0 Å². The fourth-order valence-corrected chi connectivity index (χ4v) is 5.86. The van der Waals surface area contributed by atoms with E-state index < -0.39 is 0 Å². The quantitative estimate of drug-likeness (QED) is 0.553. The molecule has 2 unspecified atom stereocenters. The van der Waals surface area contributed by atoms with E-state index in [2.05, 4.69) is 62.5 Å². The molecule has 9 nitrogen and oxygen atoms in total. The Morgan fingerprint density at radius 1 is 1.00 bits per heavy atom. The third kappa shape index (κ3) is 4.79. The summed E-state index contributed by atoms with van der Waals surface area (Å²) in [6.07, 6.45) is 1.57. The Morgan fingerprint density at radius 2 is 1.82 bits per heavy atom. The van der Waals surface area contributed by atoms with Gasteiger partial charge in [0.15, 0.2) is 0 Å². The molecule has 2 amide bonds. The Balaban J connectivity index is 1.20. The van der Waals surface area contributed by atoms with Gasteiger partial charge in [0.05, 0.1) is 17.8 Å². The van der Waals surface area contributed by atoms with Gasteiger partial charge in [-0.25, -0.2) is 9.78 Å². The molecule has 1 saturated heterocycles. The van der Waals surface area contributed by atoms with Crippen LogP contribution in [0.25, 0.3) is 11.3 Å². The summed E-state index contributed by atoms with van der Waals surface area (Å²) in [6, 6.07) is 16.5. The molecule has 3 aromatic rings. The molecule has 38 heavy (non-hydrogen) atoms. The summed E-state index contributed by atoms with van der Waals surface area (Å²) in [5, 5.41) is 3.25. The molecule has 3 heterocycles. The number of nitrogen functional groups attached to an aromatic ring is 1. The first-order valence-electron chi connectivity index (χ1n) is 13.3. The minimum atomic E-state index is -0.145. The number of carbonyl (C=O) groups excluding carboxylic acids is 1. The molecule has 1 aromatic heterocycles. The van der Waals surface area contributed by atoms with Gasteiger partial charge in [0, 0.05) is 64.4 Å². The van der Waals surface area contributed by atoms with Crippen LogP contribution in [0, 0.1) is 0 Å². The van der Waals surface area contributed by atoms with Crippen molar-refractivity contribution in [3.63, 3.8) is 0 Å². The van der Waals surface area contributed by atoms with Gasteiger partial charge in [0.25, 0.3) is 0 Å². The summed E-state index contributed by atoms with van der Waals surface area (Å²) in [6.45, 7) is 5.04. The zero-order chi connectivity index (χ0) is 26.2. The van der Waals surface area contributed by atoms with Gasteiger partial charge in [-0.1, -0.05) is 36.4 Å².